The summed E-state index contributed by atoms with van der Waals surface area (Å²) in [4.78, 5) is 45.1. The molecule has 3 amide bonds. The van der Waals surface area contributed by atoms with Crippen LogP contribution in [0.3, 0.4) is 0 Å². The minimum Gasteiger partial charge on any atom is -0.459 e. The molecule has 2 N–H and O–H groups in total. The van der Waals surface area contributed by atoms with Gasteiger partial charge in [-0.15, -0.1) is 0 Å². The molecule has 2 aromatic heterocycles. The van der Waals surface area contributed by atoms with Gasteiger partial charge < -0.3 is 15.1 Å². The van der Waals surface area contributed by atoms with Gasteiger partial charge in [0.15, 0.2) is 5.76 Å². The van der Waals surface area contributed by atoms with Gasteiger partial charge in [0.25, 0.3) is 5.91 Å². The van der Waals surface area contributed by atoms with Crippen LogP contribution in [0, 0.1) is 0 Å². The van der Waals surface area contributed by atoms with Crippen molar-refractivity contribution in [1.29, 1.82) is 0 Å². The summed E-state index contributed by atoms with van der Waals surface area (Å²) in [6.07, 6.45) is 9.63. The second kappa shape index (κ2) is 11.7. The molecule has 3 aromatic rings. The molecule has 1 unspecified atom stereocenters. The van der Waals surface area contributed by atoms with Crippen molar-refractivity contribution in [1.82, 2.24) is 15.6 Å². The minimum atomic E-state index is -0.964. The van der Waals surface area contributed by atoms with E-state index in [-0.39, 0.29) is 24.3 Å². The zero-order valence-electron chi connectivity index (χ0n) is 19.2. The summed E-state index contributed by atoms with van der Waals surface area (Å²) < 4.78 is 5.10. The Morgan fingerprint density at radius 3 is 2.40 bits per heavy atom. The monoisotopic (exact) mass is 494 g/mol. The number of amides is 3. The van der Waals surface area contributed by atoms with Gasteiger partial charge in [0.2, 0.25) is 11.8 Å². The number of anilines is 1. The lowest BCUT2D eigenvalue weighted by Gasteiger charge is -2.33. The van der Waals surface area contributed by atoms with Crippen molar-refractivity contribution in [2.45, 2.75) is 44.2 Å². The van der Waals surface area contributed by atoms with Crippen molar-refractivity contribution in [3.8, 4) is 0 Å². The molecular formula is C26H27ClN4O4. The molecule has 1 saturated carbocycles. The lowest BCUT2D eigenvalue weighted by atomic mass is 9.94. The van der Waals surface area contributed by atoms with Gasteiger partial charge in [0.1, 0.15) is 6.04 Å². The molecule has 0 bridgehead atoms. The van der Waals surface area contributed by atoms with E-state index in [1.54, 1.807) is 54.9 Å². The average molecular weight is 495 g/mol. The summed E-state index contributed by atoms with van der Waals surface area (Å²) in [6.45, 7) is -0.333. The van der Waals surface area contributed by atoms with Crippen LogP contribution < -0.4 is 15.5 Å². The number of benzene rings is 1. The number of hydrogen-bond acceptors (Lipinski definition) is 5. The van der Waals surface area contributed by atoms with Crippen LogP contribution in [0.15, 0.2) is 71.6 Å². The number of halogens is 1. The van der Waals surface area contributed by atoms with E-state index in [1.807, 2.05) is 0 Å². The van der Waals surface area contributed by atoms with Crippen molar-refractivity contribution < 1.29 is 18.8 Å². The van der Waals surface area contributed by atoms with Gasteiger partial charge in [-0.3, -0.25) is 24.3 Å². The maximum absolute atomic E-state index is 13.7. The first kappa shape index (κ1) is 24.5. The van der Waals surface area contributed by atoms with E-state index >= 15 is 0 Å². The second-order valence-electron chi connectivity index (χ2n) is 8.43. The quantitative estimate of drug-likeness (QED) is 0.486. The summed E-state index contributed by atoms with van der Waals surface area (Å²) in [6, 6.07) is 12.3. The summed E-state index contributed by atoms with van der Waals surface area (Å²) in [7, 11) is 0. The van der Waals surface area contributed by atoms with Gasteiger partial charge in [-0.1, -0.05) is 30.9 Å². The number of aromatic nitrogens is 1. The molecular weight excluding hydrogens is 468 g/mol. The first-order valence-electron chi connectivity index (χ1n) is 11.6. The molecule has 0 saturated heterocycles. The molecule has 1 atom stereocenters. The third-order valence-corrected chi connectivity index (χ3v) is 6.25. The Morgan fingerprint density at radius 1 is 1.03 bits per heavy atom. The predicted octanol–water partition coefficient (Wildman–Crippen LogP) is 4.28. The lowest BCUT2D eigenvalue weighted by Crippen LogP contribution is -2.49. The molecule has 1 aromatic carbocycles. The van der Waals surface area contributed by atoms with Crippen molar-refractivity contribution in [2.75, 3.05) is 11.4 Å². The van der Waals surface area contributed by atoms with E-state index in [4.69, 9.17) is 16.0 Å². The van der Waals surface area contributed by atoms with E-state index in [9.17, 15) is 14.4 Å². The molecule has 4 rings (SSSR count). The number of nitrogens with one attached hydrogen (secondary N) is 2. The highest BCUT2D eigenvalue weighted by atomic mass is 35.5. The minimum absolute atomic E-state index is 0.0569. The maximum atomic E-state index is 13.7. The number of nitrogens with zero attached hydrogens (tertiary/aromatic N) is 2. The summed E-state index contributed by atoms with van der Waals surface area (Å²) in [5.41, 5.74) is 1.08. The van der Waals surface area contributed by atoms with Crippen LogP contribution >= 0.6 is 11.6 Å². The number of pyridine rings is 1. The van der Waals surface area contributed by atoms with Crippen LogP contribution in [0.5, 0.6) is 0 Å². The molecule has 0 aliphatic heterocycles. The van der Waals surface area contributed by atoms with Gasteiger partial charge in [0, 0.05) is 29.1 Å². The van der Waals surface area contributed by atoms with Gasteiger partial charge in [-0.2, -0.15) is 0 Å². The van der Waals surface area contributed by atoms with Gasteiger partial charge in [-0.05, 0) is 66.9 Å². The molecule has 0 spiro atoms. The molecule has 1 aliphatic carbocycles. The summed E-state index contributed by atoms with van der Waals surface area (Å²) in [5, 5.41) is 6.22. The lowest BCUT2D eigenvalue weighted by molar-refractivity contribution is -0.127. The van der Waals surface area contributed by atoms with Crippen LogP contribution in [0.4, 0.5) is 5.69 Å². The molecule has 1 aliphatic rings. The van der Waals surface area contributed by atoms with E-state index in [1.165, 1.54) is 17.2 Å². The zero-order valence-corrected chi connectivity index (χ0v) is 19.9. The Hall–Kier alpha value is -3.65. The fourth-order valence-electron chi connectivity index (χ4n) is 4.27. The topological polar surface area (TPSA) is 105 Å². The number of rotatable bonds is 8. The first-order valence-corrected chi connectivity index (χ1v) is 12.0. The third kappa shape index (κ3) is 6.27. The highest BCUT2D eigenvalue weighted by Gasteiger charge is 2.34. The number of carbonyl (C=O) groups excluding carboxylic acids is 3. The van der Waals surface area contributed by atoms with Gasteiger partial charge in [-0.25, -0.2) is 0 Å². The molecule has 182 valence electrons. The fourth-order valence-corrected chi connectivity index (χ4v) is 4.39. The van der Waals surface area contributed by atoms with E-state index in [2.05, 4.69) is 15.6 Å². The zero-order chi connectivity index (χ0) is 24.6. The molecule has 2 heterocycles. The Bertz CT molecular complexity index is 1130. The highest BCUT2D eigenvalue weighted by molar-refractivity contribution is 6.30. The SMILES string of the molecule is O=C(NCC(=O)N(c1ccc(Cl)cc1)C(C(=O)NC1CCCCC1)c1ccncc1)c1ccco1. The van der Waals surface area contributed by atoms with Crippen molar-refractivity contribution in [3.63, 3.8) is 0 Å². The standard InChI is InChI=1S/C26H27ClN4O4/c27-19-8-10-21(11-9-19)31(23(32)17-29-25(33)22-7-4-16-35-22)24(18-12-14-28-15-13-18)26(34)30-20-5-2-1-3-6-20/h4,7-16,20,24H,1-3,5-6,17H2,(H,29,33)(H,30,34). The number of furan rings is 1. The highest BCUT2D eigenvalue weighted by Crippen LogP contribution is 2.30. The number of hydrogen-bond donors (Lipinski definition) is 2. The average Bonchev–Trinajstić information content (AvgIpc) is 3.43. The Morgan fingerprint density at radius 2 is 1.74 bits per heavy atom. The van der Waals surface area contributed by atoms with E-state index in [0.29, 0.717) is 16.3 Å². The van der Waals surface area contributed by atoms with Gasteiger partial charge in [0.05, 0.1) is 12.8 Å². The Kier molecular flexibility index (Phi) is 8.15. The Labute approximate surface area is 208 Å². The van der Waals surface area contributed by atoms with Crippen LogP contribution in [-0.2, 0) is 9.59 Å². The van der Waals surface area contributed by atoms with Crippen LogP contribution in [0.25, 0.3) is 0 Å². The van der Waals surface area contributed by atoms with Crippen LogP contribution in [0.1, 0.15) is 54.3 Å². The summed E-state index contributed by atoms with van der Waals surface area (Å²) >= 11 is 6.09. The maximum Gasteiger partial charge on any atom is 0.287 e. The van der Waals surface area contributed by atoms with E-state index < -0.39 is 17.9 Å². The molecule has 9 heteroatoms. The smallest absolute Gasteiger partial charge is 0.287 e. The largest absolute Gasteiger partial charge is 0.459 e. The normalized spacial score (nSPS) is 14.7. The van der Waals surface area contributed by atoms with Crippen molar-refractivity contribution >= 4 is 35.0 Å². The second-order valence-corrected chi connectivity index (χ2v) is 8.86. The van der Waals surface area contributed by atoms with Crippen LogP contribution in [0.2, 0.25) is 5.02 Å². The van der Waals surface area contributed by atoms with Crippen molar-refractivity contribution in [3.05, 3.63) is 83.5 Å². The fraction of sp³-hybridized carbons (Fsp3) is 0.308. The van der Waals surface area contributed by atoms with E-state index in [0.717, 1.165) is 32.1 Å². The molecule has 8 nitrogen and oxygen atoms in total. The molecule has 0 radical (unpaired) electrons. The molecule has 35 heavy (non-hydrogen) atoms. The first-order chi connectivity index (χ1) is 17.0. The van der Waals surface area contributed by atoms with Crippen molar-refractivity contribution in [2.24, 2.45) is 0 Å². The van der Waals surface area contributed by atoms with Gasteiger partial charge >= 0.3 is 0 Å². The summed E-state index contributed by atoms with van der Waals surface area (Å²) in [5.74, 6) is -1.18. The van der Waals surface area contributed by atoms with Crippen LogP contribution in [-0.4, -0.2) is 35.3 Å². The molecule has 1 fully saturated rings. The third-order valence-electron chi connectivity index (χ3n) is 6.00. The predicted molar refractivity (Wildman–Crippen MR) is 132 cm³/mol. The Balaban J connectivity index is 1.65. The number of carbonyl (C=O) groups is 3.